The van der Waals surface area contributed by atoms with Crippen molar-refractivity contribution in [2.24, 2.45) is 0 Å². The first kappa shape index (κ1) is 15.3. The molecule has 1 N–H and O–H groups in total. The van der Waals surface area contributed by atoms with Crippen molar-refractivity contribution < 1.29 is 14.6 Å². The first-order valence-electron chi connectivity index (χ1n) is 5.97. The number of aliphatic hydroxyl groups is 1. The highest BCUT2D eigenvalue weighted by molar-refractivity contribution is 9.10. The van der Waals surface area contributed by atoms with Crippen LogP contribution in [0.2, 0.25) is 0 Å². The quantitative estimate of drug-likeness (QED) is 0.905. The molecule has 0 atom stereocenters. The molecule has 0 aliphatic heterocycles. The Kier molecular flexibility index (Phi) is 5.05. The molecule has 0 saturated heterocycles. The van der Waals surface area contributed by atoms with Crippen molar-refractivity contribution in [1.82, 2.24) is 0 Å². The Morgan fingerprint density at radius 2 is 1.78 bits per heavy atom. The molecule has 4 heteroatoms. The molecule has 0 heterocycles. The number of methoxy groups -OCH3 is 2. The molecule has 0 aromatic heterocycles. The minimum Gasteiger partial charge on any atom is -0.495 e. The van der Waals surface area contributed by atoms with Crippen molar-refractivity contribution in [3.63, 3.8) is 0 Å². The number of aryl methyl sites for hydroxylation is 1. The van der Waals surface area contributed by atoms with Gasteiger partial charge in [0, 0.05) is 11.0 Å². The lowest BCUT2D eigenvalue weighted by Gasteiger charge is -2.27. The predicted octanol–water partition coefficient (Wildman–Crippen LogP) is 3.30. The zero-order valence-corrected chi connectivity index (χ0v) is 13.2. The molecular formula is C14H21BrO3. The van der Waals surface area contributed by atoms with E-state index in [2.05, 4.69) is 28.9 Å². The molecule has 0 amide bonds. The summed E-state index contributed by atoms with van der Waals surface area (Å²) >= 11 is 3.53. The van der Waals surface area contributed by atoms with Crippen LogP contribution in [0, 0.1) is 0 Å². The van der Waals surface area contributed by atoms with Crippen molar-refractivity contribution in [1.29, 1.82) is 0 Å². The van der Waals surface area contributed by atoms with E-state index < -0.39 is 0 Å². The summed E-state index contributed by atoms with van der Waals surface area (Å²) in [6, 6.07) is 2.05. The number of halogens is 1. The largest absolute Gasteiger partial charge is 0.495 e. The molecule has 0 aliphatic rings. The van der Waals surface area contributed by atoms with Gasteiger partial charge >= 0.3 is 0 Å². The van der Waals surface area contributed by atoms with Gasteiger partial charge in [0.05, 0.1) is 20.8 Å². The summed E-state index contributed by atoms with van der Waals surface area (Å²) in [5.74, 6) is 1.52. The molecule has 1 rings (SSSR count). The minimum absolute atomic E-state index is 0.0608. The van der Waals surface area contributed by atoms with E-state index in [0.717, 1.165) is 33.5 Å². The summed E-state index contributed by atoms with van der Waals surface area (Å²) < 4.78 is 11.7. The van der Waals surface area contributed by atoms with Crippen LogP contribution in [0.25, 0.3) is 0 Å². The second kappa shape index (κ2) is 5.93. The molecule has 0 bridgehead atoms. The molecule has 0 fully saturated rings. The fourth-order valence-electron chi connectivity index (χ4n) is 1.94. The molecule has 1 aromatic rings. The van der Waals surface area contributed by atoms with Gasteiger partial charge in [0.1, 0.15) is 16.0 Å². The van der Waals surface area contributed by atoms with Gasteiger partial charge in [-0.05, 0) is 34.0 Å². The van der Waals surface area contributed by atoms with Gasteiger partial charge in [-0.25, -0.2) is 0 Å². The van der Waals surface area contributed by atoms with Gasteiger partial charge in [-0.15, -0.1) is 0 Å². The average Bonchev–Trinajstić information content (AvgIpc) is 2.37. The Labute approximate surface area is 117 Å². The number of ether oxygens (including phenoxy) is 2. The summed E-state index contributed by atoms with van der Waals surface area (Å²) in [6.07, 6.45) is 0.861. The molecule has 0 saturated carbocycles. The van der Waals surface area contributed by atoms with Gasteiger partial charge in [0.2, 0.25) is 0 Å². The smallest absolute Gasteiger partial charge is 0.140 e. The lowest BCUT2D eigenvalue weighted by molar-refractivity contribution is 0.214. The maximum atomic E-state index is 9.55. The third-order valence-electron chi connectivity index (χ3n) is 3.17. The fourth-order valence-corrected chi connectivity index (χ4v) is 2.73. The monoisotopic (exact) mass is 316 g/mol. The second-order valence-electron chi connectivity index (χ2n) is 4.86. The molecule has 0 radical (unpaired) electrons. The van der Waals surface area contributed by atoms with Crippen LogP contribution in [0.3, 0.4) is 0 Å². The lowest BCUT2D eigenvalue weighted by Crippen LogP contribution is -2.23. The van der Waals surface area contributed by atoms with Gasteiger partial charge in [-0.1, -0.05) is 20.8 Å². The summed E-state index contributed by atoms with van der Waals surface area (Å²) in [5, 5.41) is 9.55. The van der Waals surface area contributed by atoms with E-state index in [-0.39, 0.29) is 12.0 Å². The van der Waals surface area contributed by atoms with E-state index in [0.29, 0.717) is 0 Å². The molecule has 0 spiro atoms. The Bertz CT molecular complexity index is 428. The second-order valence-corrected chi connectivity index (χ2v) is 5.65. The Hall–Kier alpha value is -0.740. The third kappa shape index (κ3) is 2.64. The normalized spacial score (nSPS) is 11.5. The minimum atomic E-state index is -0.357. The maximum Gasteiger partial charge on any atom is 0.140 e. The van der Waals surface area contributed by atoms with Gasteiger partial charge < -0.3 is 14.6 Å². The van der Waals surface area contributed by atoms with Gasteiger partial charge in [0.25, 0.3) is 0 Å². The SMILES string of the molecule is CCc1cc(C(C)(C)CO)c(OC)c(Br)c1OC. The van der Waals surface area contributed by atoms with Crippen molar-refractivity contribution in [3.05, 3.63) is 21.7 Å². The third-order valence-corrected chi connectivity index (χ3v) is 3.89. The topological polar surface area (TPSA) is 38.7 Å². The Morgan fingerprint density at radius 3 is 2.17 bits per heavy atom. The molecule has 102 valence electrons. The molecular weight excluding hydrogens is 296 g/mol. The summed E-state index contributed by atoms with van der Waals surface area (Å²) in [7, 11) is 3.28. The number of aliphatic hydroxyl groups excluding tert-OH is 1. The van der Waals surface area contributed by atoms with Crippen LogP contribution in [-0.4, -0.2) is 25.9 Å². The summed E-state index contributed by atoms with van der Waals surface area (Å²) in [5.41, 5.74) is 1.73. The highest BCUT2D eigenvalue weighted by Gasteiger charge is 2.28. The number of benzene rings is 1. The molecule has 1 aromatic carbocycles. The summed E-state index contributed by atoms with van der Waals surface area (Å²) in [6.45, 7) is 6.12. The zero-order valence-electron chi connectivity index (χ0n) is 11.6. The zero-order chi connectivity index (χ0) is 13.9. The van der Waals surface area contributed by atoms with Crippen LogP contribution in [0.5, 0.6) is 11.5 Å². The number of rotatable bonds is 5. The van der Waals surface area contributed by atoms with Crippen molar-refractivity contribution >= 4 is 15.9 Å². The van der Waals surface area contributed by atoms with E-state index in [1.165, 1.54) is 0 Å². The van der Waals surface area contributed by atoms with Crippen LogP contribution in [-0.2, 0) is 11.8 Å². The van der Waals surface area contributed by atoms with Crippen molar-refractivity contribution in [2.45, 2.75) is 32.6 Å². The van der Waals surface area contributed by atoms with Crippen LogP contribution in [0.15, 0.2) is 10.5 Å². The maximum absolute atomic E-state index is 9.55. The van der Waals surface area contributed by atoms with E-state index >= 15 is 0 Å². The van der Waals surface area contributed by atoms with Crippen LogP contribution >= 0.6 is 15.9 Å². The highest BCUT2D eigenvalue weighted by Crippen LogP contribution is 2.44. The Morgan fingerprint density at radius 1 is 1.22 bits per heavy atom. The van der Waals surface area contributed by atoms with Crippen LogP contribution < -0.4 is 9.47 Å². The van der Waals surface area contributed by atoms with Crippen molar-refractivity contribution in [3.8, 4) is 11.5 Å². The standard InChI is InChI=1S/C14H21BrO3/c1-6-9-7-10(14(2,3)8-16)13(18-5)11(15)12(9)17-4/h7,16H,6,8H2,1-5H3. The van der Waals surface area contributed by atoms with E-state index in [1.54, 1.807) is 14.2 Å². The van der Waals surface area contributed by atoms with Gasteiger partial charge in [0.15, 0.2) is 0 Å². The van der Waals surface area contributed by atoms with E-state index in [1.807, 2.05) is 13.8 Å². The van der Waals surface area contributed by atoms with Crippen molar-refractivity contribution in [2.75, 3.05) is 20.8 Å². The summed E-state index contributed by atoms with van der Waals surface area (Å²) in [4.78, 5) is 0. The highest BCUT2D eigenvalue weighted by atomic mass is 79.9. The van der Waals surface area contributed by atoms with E-state index in [9.17, 15) is 5.11 Å². The molecule has 18 heavy (non-hydrogen) atoms. The van der Waals surface area contributed by atoms with Gasteiger partial charge in [-0.3, -0.25) is 0 Å². The fraction of sp³-hybridized carbons (Fsp3) is 0.571. The average molecular weight is 317 g/mol. The van der Waals surface area contributed by atoms with Crippen LogP contribution in [0.1, 0.15) is 31.9 Å². The molecule has 3 nitrogen and oxygen atoms in total. The molecule has 0 unspecified atom stereocenters. The van der Waals surface area contributed by atoms with Gasteiger partial charge in [-0.2, -0.15) is 0 Å². The number of hydrogen-bond acceptors (Lipinski definition) is 3. The first-order valence-corrected chi connectivity index (χ1v) is 6.76. The predicted molar refractivity (Wildman–Crippen MR) is 76.7 cm³/mol. The molecule has 0 aliphatic carbocycles. The first-order chi connectivity index (χ1) is 8.42. The lowest BCUT2D eigenvalue weighted by atomic mass is 9.83. The Balaban J connectivity index is 3.57. The van der Waals surface area contributed by atoms with E-state index in [4.69, 9.17) is 9.47 Å². The van der Waals surface area contributed by atoms with Crippen LogP contribution in [0.4, 0.5) is 0 Å². The number of hydrogen-bond donors (Lipinski definition) is 1.